The molecule has 7 heteroatoms. The Hall–Kier alpha value is -1.24. The monoisotopic (exact) mass is 299 g/mol. The van der Waals surface area contributed by atoms with Crippen molar-refractivity contribution in [3.8, 4) is 6.01 Å². The summed E-state index contributed by atoms with van der Waals surface area (Å²) < 4.78 is 5.38. The van der Waals surface area contributed by atoms with Gasteiger partial charge in [-0.1, -0.05) is 13.8 Å². The smallest absolute Gasteiger partial charge is 0.323 e. The van der Waals surface area contributed by atoms with E-state index in [9.17, 15) is 0 Å². The van der Waals surface area contributed by atoms with E-state index in [0.29, 0.717) is 30.4 Å². The quantitative estimate of drug-likeness (QED) is 0.687. The molecule has 1 heterocycles. The van der Waals surface area contributed by atoms with Gasteiger partial charge in [-0.15, -0.1) is 0 Å². The van der Waals surface area contributed by atoms with Crippen molar-refractivity contribution >= 4 is 23.7 Å². The summed E-state index contributed by atoms with van der Waals surface area (Å²) in [5.74, 6) is 2.79. The topological polar surface area (TPSA) is 72.0 Å². The molecule has 1 atom stereocenters. The Labute approximate surface area is 125 Å². The maximum absolute atomic E-state index is 5.38. The van der Waals surface area contributed by atoms with Crippen LogP contribution in [0.15, 0.2) is 0 Å². The number of hydrogen-bond donors (Lipinski definition) is 2. The average molecular weight is 299 g/mol. The molecule has 114 valence electrons. The molecule has 0 aromatic carbocycles. The first-order valence-corrected chi connectivity index (χ1v) is 8.44. The van der Waals surface area contributed by atoms with Crippen molar-refractivity contribution in [2.24, 2.45) is 5.92 Å². The van der Waals surface area contributed by atoms with Crippen LogP contribution in [-0.2, 0) is 0 Å². The summed E-state index contributed by atoms with van der Waals surface area (Å²) in [6, 6.07) is 0.362. The summed E-state index contributed by atoms with van der Waals surface area (Å²) in [6.45, 7) is 8.42. The molecule has 1 unspecified atom stereocenters. The van der Waals surface area contributed by atoms with Gasteiger partial charge in [0, 0.05) is 13.1 Å². The molecule has 0 aliphatic carbocycles. The Balaban J connectivity index is 2.69. The van der Waals surface area contributed by atoms with Gasteiger partial charge in [0.25, 0.3) is 0 Å². The van der Waals surface area contributed by atoms with E-state index in [-0.39, 0.29) is 0 Å². The predicted molar refractivity (Wildman–Crippen MR) is 85.8 cm³/mol. The third kappa shape index (κ3) is 6.27. The van der Waals surface area contributed by atoms with Crippen LogP contribution in [0, 0.1) is 5.92 Å². The van der Waals surface area contributed by atoms with Crippen LogP contribution in [-0.4, -0.2) is 46.7 Å². The van der Waals surface area contributed by atoms with Crippen LogP contribution >= 0.6 is 11.8 Å². The van der Waals surface area contributed by atoms with Gasteiger partial charge < -0.3 is 15.4 Å². The van der Waals surface area contributed by atoms with Gasteiger partial charge in [0.05, 0.1) is 6.61 Å². The summed E-state index contributed by atoms with van der Waals surface area (Å²) in [6.07, 6.45) is 3.13. The fourth-order valence-corrected chi connectivity index (χ4v) is 2.24. The van der Waals surface area contributed by atoms with Crippen LogP contribution in [0.25, 0.3) is 0 Å². The first-order valence-electron chi connectivity index (χ1n) is 7.05. The van der Waals surface area contributed by atoms with E-state index in [1.165, 1.54) is 0 Å². The van der Waals surface area contributed by atoms with Crippen LogP contribution < -0.4 is 15.4 Å². The maximum atomic E-state index is 5.38. The van der Waals surface area contributed by atoms with Gasteiger partial charge in [-0.2, -0.15) is 26.7 Å². The Kier molecular flexibility index (Phi) is 8.10. The molecule has 0 bridgehead atoms. The Morgan fingerprint density at radius 1 is 1.15 bits per heavy atom. The molecule has 1 rings (SSSR count). The fourth-order valence-electron chi connectivity index (χ4n) is 1.55. The minimum atomic E-state index is 0.362. The molecule has 0 amide bonds. The third-order valence-corrected chi connectivity index (χ3v) is 3.38. The maximum Gasteiger partial charge on any atom is 0.323 e. The van der Waals surface area contributed by atoms with Crippen molar-refractivity contribution in [3.63, 3.8) is 0 Å². The van der Waals surface area contributed by atoms with Crippen molar-refractivity contribution < 1.29 is 4.74 Å². The van der Waals surface area contributed by atoms with Crippen LogP contribution in [0.5, 0.6) is 6.01 Å². The minimum absolute atomic E-state index is 0.362. The van der Waals surface area contributed by atoms with E-state index in [0.717, 1.165) is 25.3 Å². The summed E-state index contributed by atoms with van der Waals surface area (Å²) in [5.41, 5.74) is 0. The summed E-state index contributed by atoms with van der Waals surface area (Å²) in [7, 11) is 0. The largest absolute Gasteiger partial charge is 0.464 e. The molecular formula is C13H25N5OS. The molecular weight excluding hydrogens is 274 g/mol. The van der Waals surface area contributed by atoms with Gasteiger partial charge in [0.15, 0.2) is 0 Å². The molecule has 0 fully saturated rings. The van der Waals surface area contributed by atoms with Crippen molar-refractivity contribution in [2.45, 2.75) is 27.2 Å². The lowest BCUT2D eigenvalue weighted by molar-refractivity contribution is 0.312. The van der Waals surface area contributed by atoms with Gasteiger partial charge in [-0.25, -0.2) is 0 Å². The molecule has 0 aliphatic rings. The molecule has 6 nitrogen and oxygen atoms in total. The van der Waals surface area contributed by atoms with Crippen molar-refractivity contribution in [1.29, 1.82) is 0 Å². The summed E-state index contributed by atoms with van der Waals surface area (Å²) >= 11 is 1.84. The number of hydrogen-bond acceptors (Lipinski definition) is 7. The predicted octanol–water partition coefficient (Wildman–Crippen LogP) is 2.50. The van der Waals surface area contributed by atoms with Gasteiger partial charge in [0.2, 0.25) is 11.9 Å². The molecule has 0 aliphatic heterocycles. The highest BCUT2D eigenvalue weighted by Crippen LogP contribution is 2.12. The SMILES string of the molecule is CCCNc1nc(NCC(C)CSC)nc(OCC)n1. The third-order valence-electron chi connectivity index (χ3n) is 2.48. The zero-order chi connectivity index (χ0) is 14.8. The zero-order valence-electron chi connectivity index (χ0n) is 12.8. The lowest BCUT2D eigenvalue weighted by Gasteiger charge is -2.12. The number of ether oxygens (including phenoxy) is 1. The fraction of sp³-hybridized carbons (Fsp3) is 0.769. The van der Waals surface area contributed by atoms with Crippen molar-refractivity contribution in [3.05, 3.63) is 0 Å². The molecule has 0 saturated heterocycles. The second kappa shape index (κ2) is 9.63. The standard InChI is InChI=1S/C13H25N5OS/c1-5-7-14-11-16-12(15-8-10(3)9-20-4)18-13(17-11)19-6-2/h10H,5-9H2,1-4H3,(H2,14,15,16,17,18). The van der Waals surface area contributed by atoms with Gasteiger partial charge >= 0.3 is 6.01 Å². The average Bonchev–Trinajstić information content (AvgIpc) is 2.43. The summed E-state index contributed by atoms with van der Waals surface area (Å²) in [4.78, 5) is 12.8. The summed E-state index contributed by atoms with van der Waals surface area (Å²) in [5, 5.41) is 6.41. The van der Waals surface area contributed by atoms with E-state index in [1.807, 2.05) is 18.7 Å². The minimum Gasteiger partial charge on any atom is -0.464 e. The molecule has 1 aromatic heterocycles. The normalized spacial score (nSPS) is 12.0. The van der Waals surface area contributed by atoms with Crippen molar-refractivity contribution in [2.75, 3.05) is 42.3 Å². The van der Waals surface area contributed by atoms with Gasteiger partial charge in [-0.05, 0) is 31.3 Å². The molecule has 0 spiro atoms. The molecule has 0 saturated carbocycles. The Morgan fingerprint density at radius 2 is 1.85 bits per heavy atom. The number of nitrogens with zero attached hydrogens (tertiary/aromatic N) is 3. The Bertz CT molecular complexity index is 391. The molecule has 2 N–H and O–H groups in total. The molecule has 1 aromatic rings. The van der Waals surface area contributed by atoms with E-state index in [4.69, 9.17) is 4.74 Å². The highest BCUT2D eigenvalue weighted by Gasteiger charge is 2.08. The Morgan fingerprint density at radius 3 is 2.45 bits per heavy atom. The van der Waals surface area contributed by atoms with E-state index in [2.05, 4.69) is 45.7 Å². The molecule has 20 heavy (non-hydrogen) atoms. The number of aromatic nitrogens is 3. The van der Waals surface area contributed by atoms with Crippen LogP contribution in [0.1, 0.15) is 27.2 Å². The van der Waals surface area contributed by atoms with E-state index < -0.39 is 0 Å². The van der Waals surface area contributed by atoms with Crippen LogP contribution in [0.4, 0.5) is 11.9 Å². The lowest BCUT2D eigenvalue weighted by atomic mass is 10.2. The lowest BCUT2D eigenvalue weighted by Crippen LogP contribution is -2.17. The van der Waals surface area contributed by atoms with Crippen LogP contribution in [0.2, 0.25) is 0 Å². The highest BCUT2D eigenvalue weighted by molar-refractivity contribution is 7.98. The van der Waals surface area contributed by atoms with E-state index in [1.54, 1.807) is 0 Å². The van der Waals surface area contributed by atoms with Crippen LogP contribution in [0.3, 0.4) is 0 Å². The number of anilines is 2. The number of nitrogens with one attached hydrogen (secondary N) is 2. The first kappa shape index (κ1) is 16.8. The number of thioether (sulfide) groups is 1. The second-order valence-electron chi connectivity index (χ2n) is 4.57. The number of rotatable bonds is 10. The van der Waals surface area contributed by atoms with Crippen molar-refractivity contribution in [1.82, 2.24) is 15.0 Å². The zero-order valence-corrected chi connectivity index (χ0v) is 13.6. The highest BCUT2D eigenvalue weighted by atomic mass is 32.2. The molecule has 0 radical (unpaired) electrons. The van der Waals surface area contributed by atoms with E-state index >= 15 is 0 Å². The first-order chi connectivity index (χ1) is 9.69. The second-order valence-corrected chi connectivity index (χ2v) is 5.48. The van der Waals surface area contributed by atoms with Gasteiger partial charge in [0.1, 0.15) is 0 Å². The van der Waals surface area contributed by atoms with Gasteiger partial charge in [-0.3, -0.25) is 0 Å².